The monoisotopic (exact) mass is 254 g/mol. The molecule has 0 radical (unpaired) electrons. The normalized spacial score (nSPS) is 22.4. The third-order valence-electron chi connectivity index (χ3n) is 1.69. The highest BCUT2D eigenvalue weighted by Gasteiger charge is 2.10. The summed E-state index contributed by atoms with van der Waals surface area (Å²) in [6.45, 7) is 0. The predicted octanol–water partition coefficient (Wildman–Crippen LogP) is 3.12. The first-order valence-electron chi connectivity index (χ1n) is 3.93. The lowest BCUT2D eigenvalue weighted by molar-refractivity contribution is 0.953. The Morgan fingerprint density at radius 3 is 3.00 bits per heavy atom. The Morgan fingerprint density at radius 1 is 1.38 bits per heavy atom. The average Bonchev–Trinajstić information content (AvgIpc) is 2.19. The van der Waals surface area contributed by atoms with Gasteiger partial charge in [-0.25, -0.2) is 4.98 Å². The Hall–Kier alpha value is -0.530. The summed E-state index contributed by atoms with van der Waals surface area (Å²) < 4.78 is 0.875. The number of hydrogen-bond donors (Lipinski definition) is 0. The highest BCUT2D eigenvalue weighted by atomic mass is 79.9. The zero-order valence-corrected chi connectivity index (χ0v) is 9.40. The number of hydrogen-bond acceptors (Lipinski definition) is 2. The Labute approximate surface area is 87.1 Å². The first-order valence-corrected chi connectivity index (χ1v) is 5.88. The summed E-state index contributed by atoms with van der Waals surface area (Å²) in [4.78, 5) is 8.73. The molecule has 0 saturated heterocycles. The van der Waals surface area contributed by atoms with Crippen LogP contribution in [0.3, 0.4) is 0 Å². The second-order valence-electron chi connectivity index (χ2n) is 2.61. The molecule has 1 aromatic rings. The quantitative estimate of drug-likeness (QED) is 0.559. The van der Waals surface area contributed by atoms with E-state index in [0.717, 1.165) is 10.3 Å². The van der Waals surface area contributed by atoms with E-state index in [4.69, 9.17) is 0 Å². The summed E-state index contributed by atoms with van der Waals surface area (Å²) in [5, 5.41) is 0. The fourth-order valence-corrected chi connectivity index (χ4v) is 2.35. The molecule has 66 valence electrons. The number of aliphatic imine (C=N–C) groups is 1. The van der Waals surface area contributed by atoms with E-state index in [2.05, 4.69) is 31.7 Å². The van der Waals surface area contributed by atoms with Crippen LogP contribution in [0.15, 0.2) is 39.7 Å². The molecular weight excluding hydrogens is 247 g/mol. The van der Waals surface area contributed by atoms with Gasteiger partial charge < -0.3 is 0 Å². The smallest absolute Gasteiger partial charge is 0.112 e. The van der Waals surface area contributed by atoms with Gasteiger partial charge in [0.15, 0.2) is 0 Å². The molecule has 2 heterocycles. The Morgan fingerprint density at radius 2 is 2.31 bits per heavy atom. The van der Waals surface area contributed by atoms with Crippen molar-refractivity contribution < 1.29 is 0 Å². The van der Waals surface area contributed by atoms with E-state index in [0.29, 0.717) is 8.58 Å². The third kappa shape index (κ3) is 2.23. The lowest BCUT2D eigenvalue weighted by Crippen LogP contribution is -1.94. The Balaban J connectivity index is 2.25. The number of allylic oxidation sites excluding steroid dienone is 1. The molecule has 2 nitrogen and oxygen atoms in total. The maximum atomic E-state index is 4.37. The van der Waals surface area contributed by atoms with Gasteiger partial charge in [0.1, 0.15) is 10.4 Å². The van der Waals surface area contributed by atoms with E-state index in [9.17, 15) is 0 Å². The van der Waals surface area contributed by atoms with Crippen molar-refractivity contribution in [3.05, 3.63) is 40.4 Å². The van der Waals surface area contributed by atoms with Gasteiger partial charge in [-0.2, -0.15) is 0 Å². The van der Waals surface area contributed by atoms with Gasteiger partial charge >= 0.3 is 0 Å². The van der Waals surface area contributed by atoms with Gasteiger partial charge in [-0.05, 0) is 34.1 Å². The maximum absolute atomic E-state index is 4.37. The standard InChI is InChI=1S/C9H8BrN2P/c10-8-4-1-3-7(12-8)9-11-5-2-6-13-9/h1-6,9,13H. The van der Waals surface area contributed by atoms with E-state index >= 15 is 0 Å². The van der Waals surface area contributed by atoms with Crippen LogP contribution in [0, 0.1) is 0 Å². The van der Waals surface area contributed by atoms with Crippen LogP contribution in [0.5, 0.6) is 0 Å². The molecule has 4 heteroatoms. The van der Waals surface area contributed by atoms with E-state index in [1.807, 2.05) is 30.5 Å². The molecule has 0 amide bonds. The highest BCUT2D eigenvalue weighted by Crippen LogP contribution is 2.37. The van der Waals surface area contributed by atoms with Crippen molar-refractivity contribution >= 4 is 30.7 Å². The van der Waals surface area contributed by atoms with Gasteiger partial charge in [-0.3, -0.25) is 4.99 Å². The summed E-state index contributed by atoms with van der Waals surface area (Å²) in [7, 11) is 0.705. The summed E-state index contributed by atoms with van der Waals surface area (Å²) >= 11 is 3.35. The average molecular weight is 255 g/mol. The van der Waals surface area contributed by atoms with Crippen molar-refractivity contribution in [2.75, 3.05) is 0 Å². The Kier molecular flexibility index (Phi) is 2.87. The molecular formula is C9H8BrN2P. The molecule has 0 aromatic carbocycles. The minimum Gasteiger partial charge on any atom is -0.279 e. The van der Waals surface area contributed by atoms with Crippen LogP contribution >= 0.6 is 24.5 Å². The lowest BCUT2D eigenvalue weighted by Gasteiger charge is -2.11. The first kappa shape index (κ1) is 9.04. The number of rotatable bonds is 1. The summed E-state index contributed by atoms with van der Waals surface area (Å²) in [5.74, 6) is 2.36. The summed E-state index contributed by atoms with van der Waals surface area (Å²) in [5.41, 5.74) is 1.04. The van der Waals surface area contributed by atoms with Gasteiger partial charge in [0.2, 0.25) is 0 Å². The molecule has 0 bridgehead atoms. The Bertz CT molecular complexity index is 362. The molecule has 0 aliphatic carbocycles. The van der Waals surface area contributed by atoms with Crippen LogP contribution < -0.4 is 0 Å². The van der Waals surface area contributed by atoms with Crippen molar-refractivity contribution in [2.45, 2.75) is 5.78 Å². The van der Waals surface area contributed by atoms with Crippen molar-refractivity contribution in [1.29, 1.82) is 0 Å². The second-order valence-corrected chi connectivity index (χ2v) is 4.64. The molecule has 0 fully saturated rings. The molecule has 2 atom stereocenters. The molecule has 0 spiro atoms. The van der Waals surface area contributed by atoms with Gasteiger partial charge in [0, 0.05) is 6.21 Å². The third-order valence-corrected chi connectivity index (χ3v) is 3.28. The van der Waals surface area contributed by atoms with Crippen molar-refractivity contribution in [2.24, 2.45) is 4.99 Å². The summed E-state index contributed by atoms with van der Waals surface area (Å²) in [6.07, 6.45) is 3.82. The zero-order valence-electron chi connectivity index (χ0n) is 6.81. The van der Waals surface area contributed by atoms with Crippen LogP contribution in [-0.4, -0.2) is 11.2 Å². The lowest BCUT2D eigenvalue weighted by atomic mass is 10.3. The minimum absolute atomic E-state index is 0.225. The molecule has 2 unspecified atom stereocenters. The van der Waals surface area contributed by atoms with Crippen LogP contribution in [-0.2, 0) is 0 Å². The molecule has 0 saturated carbocycles. The molecule has 1 aromatic heterocycles. The number of halogens is 1. The van der Waals surface area contributed by atoms with E-state index in [1.165, 1.54) is 0 Å². The SMILES string of the molecule is Brc1cccc(C2N=CC=CP2)n1. The van der Waals surface area contributed by atoms with E-state index in [1.54, 1.807) is 0 Å². The maximum Gasteiger partial charge on any atom is 0.112 e. The van der Waals surface area contributed by atoms with Gasteiger partial charge in [0.25, 0.3) is 0 Å². The molecule has 0 N–H and O–H groups in total. The fraction of sp³-hybridized carbons (Fsp3) is 0.111. The number of nitrogens with zero attached hydrogens (tertiary/aromatic N) is 2. The highest BCUT2D eigenvalue weighted by molar-refractivity contribution is 9.10. The van der Waals surface area contributed by atoms with Gasteiger partial charge in [-0.1, -0.05) is 20.5 Å². The van der Waals surface area contributed by atoms with Crippen molar-refractivity contribution in [1.82, 2.24) is 4.98 Å². The topological polar surface area (TPSA) is 25.2 Å². The van der Waals surface area contributed by atoms with Crippen LogP contribution in [0.25, 0.3) is 0 Å². The predicted molar refractivity (Wildman–Crippen MR) is 60.6 cm³/mol. The largest absolute Gasteiger partial charge is 0.279 e. The summed E-state index contributed by atoms with van der Waals surface area (Å²) in [6, 6.07) is 5.93. The zero-order chi connectivity index (χ0) is 9.10. The van der Waals surface area contributed by atoms with Crippen LogP contribution in [0.4, 0.5) is 0 Å². The van der Waals surface area contributed by atoms with E-state index < -0.39 is 0 Å². The van der Waals surface area contributed by atoms with Crippen LogP contribution in [0.2, 0.25) is 0 Å². The van der Waals surface area contributed by atoms with Crippen molar-refractivity contribution in [3.8, 4) is 0 Å². The minimum atomic E-state index is 0.225. The van der Waals surface area contributed by atoms with Crippen molar-refractivity contribution in [3.63, 3.8) is 0 Å². The fourth-order valence-electron chi connectivity index (χ4n) is 1.11. The van der Waals surface area contributed by atoms with Crippen LogP contribution in [0.1, 0.15) is 11.5 Å². The molecule has 1 aliphatic heterocycles. The number of pyridine rings is 1. The van der Waals surface area contributed by atoms with E-state index in [-0.39, 0.29) is 5.78 Å². The first-order chi connectivity index (χ1) is 6.36. The molecule has 1 aliphatic rings. The molecule has 13 heavy (non-hydrogen) atoms. The second kappa shape index (κ2) is 4.12. The van der Waals surface area contributed by atoms with Gasteiger partial charge in [-0.15, -0.1) is 0 Å². The number of aromatic nitrogens is 1. The van der Waals surface area contributed by atoms with Gasteiger partial charge in [0.05, 0.1) is 5.69 Å². The molecule has 2 rings (SSSR count).